The molecular formula is C30H30Br2N2O3. The van der Waals surface area contributed by atoms with Crippen molar-refractivity contribution in [2.24, 2.45) is 0 Å². The van der Waals surface area contributed by atoms with Crippen LogP contribution in [-0.4, -0.2) is 23.9 Å². The predicted molar refractivity (Wildman–Crippen MR) is 155 cm³/mol. The summed E-state index contributed by atoms with van der Waals surface area (Å²) >= 11 is 7.25. The summed E-state index contributed by atoms with van der Waals surface area (Å²) in [4.78, 5) is 15.5. The average Bonchev–Trinajstić information content (AvgIpc) is 3.39. The quantitative estimate of drug-likeness (QED) is 0.213. The predicted octanol–water partition coefficient (Wildman–Crippen LogP) is 8.55. The molecule has 0 spiro atoms. The van der Waals surface area contributed by atoms with Gasteiger partial charge in [-0.25, -0.2) is 0 Å². The SMILES string of the molecule is CN(Cc1cc(Br)cc(Br)c1NC(=O)c1ccc(COc2ccc3ccccc3c2)o1)C1CCCCC1. The summed E-state index contributed by atoms with van der Waals surface area (Å²) in [5, 5.41) is 5.35. The molecule has 1 N–H and O–H groups in total. The number of hydrogen-bond donors (Lipinski definition) is 1. The normalized spacial score (nSPS) is 14.3. The Kier molecular flexibility index (Phi) is 8.33. The number of amides is 1. The van der Waals surface area contributed by atoms with E-state index < -0.39 is 0 Å². The first-order chi connectivity index (χ1) is 18.0. The molecule has 5 rings (SSSR count). The number of nitrogens with zero attached hydrogens (tertiary/aromatic N) is 1. The smallest absolute Gasteiger partial charge is 0.291 e. The highest BCUT2D eigenvalue weighted by atomic mass is 79.9. The first-order valence-electron chi connectivity index (χ1n) is 12.7. The van der Waals surface area contributed by atoms with Gasteiger partial charge in [0.25, 0.3) is 5.91 Å². The molecule has 3 aromatic carbocycles. The third-order valence-corrected chi connectivity index (χ3v) is 8.06. The molecule has 0 atom stereocenters. The molecule has 0 bridgehead atoms. The van der Waals surface area contributed by atoms with Crippen molar-refractivity contribution < 1.29 is 13.9 Å². The van der Waals surface area contributed by atoms with Crippen LogP contribution in [0.15, 0.2) is 80.1 Å². The lowest BCUT2D eigenvalue weighted by molar-refractivity contribution is 0.0992. The summed E-state index contributed by atoms with van der Waals surface area (Å²) in [5.41, 5.74) is 1.82. The van der Waals surface area contributed by atoms with Gasteiger partial charge in [0.1, 0.15) is 18.1 Å². The molecule has 0 saturated heterocycles. The van der Waals surface area contributed by atoms with Crippen LogP contribution in [0.1, 0.15) is 54.0 Å². The fraction of sp³-hybridized carbons (Fsp3) is 0.300. The highest BCUT2D eigenvalue weighted by Crippen LogP contribution is 2.33. The third kappa shape index (κ3) is 6.46. The Morgan fingerprint density at radius 2 is 1.78 bits per heavy atom. The van der Waals surface area contributed by atoms with Crippen molar-refractivity contribution in [3.63, 3.8) is 0 Å². The lowest BCUT2D eigenvalue weighted by Gasteiger charge is -2.31. The minimum Gasteiger partial charge on any atom is -0.486 e. The highest BCUT2D eigenvalue weighted by molar-refractivity contribution is 9.11. The molecule has 1 aliphatic rings. The van der Waals surface area contributed by atoms with E-state index in [0.29, 0.717) is 11.8 Å². The maximum absolute atomic E-state index is 13.1. The number of furan rings is 1. The number of hydrogen-bond acceptors (Lipinski definition) is 4. The van der Waals surface area contributed by atoms with Crippen molar-refractivity contribution >= 4 is 54.2 Å². The van der Waals surface area contributed by atoms with E-state index in [9.17, 15) is 4.79 Å². The highest BCUT2D eigenvalue weighted by Gasteiger charge is 2.21. The van der Waals surface area contributed by atoms with Crippen LogP contribution in [0.2, 0.25) is 0 Å². The number of anilines is 1. The molecule has 1 fully saturated rings. The molecule has 7 heteroatoms. The van der Waals surface area contributed by atoms with Crippen molar-refractivity contribution in [2.45, 2.75) is 51.3 Å². The van der Waals surface area contributed by atoms with Crippen LogP contribution in [0.25, 0.3) is 10.8 Å². The Labute approximate surface area is 234 Å². The van der Waals surface area contributed by atoms with E-state index in [1.54, 1.807) is 12.1 Å². The number of carbonyl (C=O) groups excluding carboxylic acids is 1. The minimum atomic E-state index is -0.290. The molecule has 37 heavy (non-hydrogen) atoms. The second kappa shape index (κ2) is 11.8. The largest absolute Gasteiger partial charge is 0.486 e. The maximum Gasteiger partial charge on any atom is 0.291 e. The van der Waals surface area contributed by atoms with Crippen molar-refractivity contribution in [1.82, 2.24) is 4.90 Å². The molecule has 0 radical (unpaired) electrons. The second-order valence-corrected chi connectivity index (χ2v) is 11.4. The van der Waals surface area contributed by atoms with Gasteiger partial charge in [-0.3, -0.25) is 9.69 Å². The zero-order valence-corrected chi connectivity index (χ0v) is 24.0. The van der Waals surface area contributed by atoms with Gasteiger partial charge in [0.05, 0.1) is 5.69 Å². The molecule has 1 amide bonds. The molecule has 1 aromatic heterocycles. The van der Waals surface area contributed by atoms with Crippen LogP contribution in [0, 0.1) is 0 Å². The van der Waals surface area contributed by atoms with E-state index >= 15 is 0 Å². The summed E-state index contributed by atoms with van der Waals surface area (Å²) < 4.78 is 13.6. The zero-order valence-electron chi connectivity index (χ0n) is 20.8. The number of rotatable bonds is 8. The zero-order chi connectivity index (χ0) is 25.8. The first-order valence-corrected chi connectivity index (χ1v) is 14.2. The third-order valence-electron chi connectivity index (χ3n) is 6.98. The van der Waals surface area contributed by atoms with E-state index in [0.717, 1.165) is 43.3 Å². The van der Waals surface area contributed by atoms with Gasteiger partial charge < -0.3 is 14.5 Å². The van der Waals surface area contributed by atoms with E-state index in [2.05, 4.69) is 67.3 Å². The van der Waals surface area contributed by atoms with E-state index in [1.165, 1.54) is 32.1 Å². The Morgan fingerprint density at radius 1 is 1.00 bits per heavy atom. The van der Waals surface area contributed by atoms with Crippen LogP contribution in [0.5, 0.6) is 5.75 Å². The van der Waals surface area contributed by atoms with Crippen molar-refractivity contribution in [2.75, 3.05) is 12.4 Å². The second-order valence-electron chi connectivity index (χ2n) is 9.65. The summed E-state index contributed by atoms with van der Waals surface area (Å²) in [5.74, 6) is 1.30. The molecule has 1 aliphatic carbocycles. The van der Waals surface area contributed by atoms with Gasteiger partial charge in [-0.1, -0.05) is 65.5 Å². The molecule has 5 nitrogen and oxygen atoms in total. The van der Waals surface area contributed by atoms with Gasteiger partial charge in [0.15, 0.2) is 5.76 Å². The van der Waals surface area contributed by atoms with Crippen LogP contribution >= 0.6 is 31.9 Å². The van der Waals surface area contributed by atoms with E-state index in [4.69, 9.17) is 9.15 Å². The number of halogens is 2. The average molecular weight is 626 g/mol. The van der Waals surface area contributed by atoms with Gasteiger partial charge in [-0.15, -0.1) is 0 Å². The molecule has 4 aromatic rings. The summed E-state index contributed by atoms with van der Waals surface area (Å²) in [7, 11) is 2.17. The molecule has 1 heterocycles. The van der Waals surface area contributed by atoms with Gasteiger partial charge in [0.2, 0.25) is 0 Å². The van der Waals surface area contributed by atoms with E-state index in [1.807, 2.05) is 36.4 Å². The first kappa shape index (κ1) is 26.0. The van der Waals surface area contributed by atoms with Crippen LogP contribution < -0.4 is 10.1 Å². The lowest BCUT2D eigenvalue weighted by atomic mass is 9.94. The molecule has 1 saturated carbocycles. The van der Waals surface area contributed by atoms with Crippen LogP contribution in [0.4, 0.5) is 5.69 Å². The van der Waals surface area contributed by atoms with Gasteiger partial charge in [-0.05, 0) is 88.6 Å². The Morgan fingerprint density at radius 3 is 2.59 bits per heavy atom. The number of carbonyl (C=O) groups is 1. The Balaban J connectivity index is 1.25. The number of ether oxygens (including phenoxy) is 1. The number of nitrogens with one attached hydrogen (secondary N) is 1. The topological polar surface area (TPSA) is 54.7 Å². The Hall–Kier alpha value is -2.61. The van der Waals surface area contributed by atoms with Gasteiger partial charge >= 0.3 is 0 Å². The van der Waals surface area contributed by atoms with Crippen LogP contribution in [0.3, 0.4) is 0 Å². The summed E-state index contributed by atoms with van der Waals surface area (Å²) in [6.45, 7) is 0.992. The summed E-state index contributed by atoms with van der Waals surface area (Å²) in [6, 6.07) is 22.2. The molecule has 0 aliphatic heterocycles. The molecule has 0 unspecified atom stereocenters. The monoisotopic (exact) mass is 624 g/mol. The van der Waals surface area contributed by atoms with Crippen molar-refractivity contribution in [3.05, 3.63) is 92.8 Å². The van der Waals surface area contributed by atoms with Gasteiger partial charge in [-0.2, -0.15) is 0 Å². The van der Waals surface area contributed by atoms with E-state index in [-0.39, 0.29) is 18.3 Å². The minimum absolute atomic E-state index is 0.241. The van der Waals surface area contributed by atoms with Crippen molar-refractivity contribution in [3.8, 4) is 5.75 Å². The lowest BCUT2D eigenvalue weighted by Crippen LogP contribution is -2.33. The van der Waals surface area contributed by atoms with Crippen LogP contribution in [-0.2, 0) is 13.2 Å². The fourth-order valence-electron chi connectivity index (χ4n) is 4.98. The van der Waals surface area contributed by atoms with Crippen molar-refractivity contribution in [1.29, 1.82) is 0 Å². The van der Waals surface area contributed by atoms with Gasteiger partial charge in [0, 0.05) is 21.5 Å². The summed E-state index contributed by atoms with van der Waals surface area (Å²) in [6.07, 6.45) is 6.35. The maximum atomic E-state index is 13.1. The number of fused-ring (bicyclic) bond motifs is 1. The molecular weight excluding hydrogens is 596 g/mol. The standard InChI is InChI=1S/C30H30Br2N2O3/c1-34(24-9-3-2-4-10-24)18-22-15-23(31)17-27(32)29(22)33-30(35)28-14-13-26(37-28)19-36-25-12-11-20-7-5-6-8-21(20)16-25/h5-8,11-17,24H,2-4,9-10,18-19H2,1H3,(H,33,35). The molecule has 192 valence electrons. The fourth-order valence-corrected chi connectivity index (χ4v) is 6.39. The Bertz CT molecular complexity index is 1390. The number of benzene rings is 3.